The lowest BCUT2D eigenvalue weighted by atomic mass is 9.94. The molecule has 2 unspecified atom stereocenters. The first-order valence-corrected chi connectivity index (χ1v) is 9.22. The van der Waals surface area contributed by atoms with E-state index in [4.69, 9.17) is 4.74 Å². The summed E-state index contributed by atoms with van der Waals surface area (Å²) in [5.74, 6) is 1.41. The number of carbonyl (C=O) groups excluding carboxylic acids is 1. The molecule has 1 heterocycles. The van der Waals surface area contributed by atoms with E-state index >= 15 is 0 Å². The molecule has 4 nitrogen and oxygen atoms in total. The summed E-state index contributed by atoms with van der Waals surface area (Å²) < 4.78 is 5.14. The summed E-state index contributed by atoms with van der Waals surface area (Å²) in [6.07, 6.45) is 2.35. The van der Waals surface area contributed by atoms with Crippen molar-refractivity contribution >= 4 is 5.91 Å². The molecule has 0 spiro atoms. The highest BCUT2D eigenvalue weighted by Crippen LogP contribution is 2.59. The van der Waals surface area contributed by atoms with Gasteiger partial charge < -0.3 is 14.7 Å². The molecule has 1 aliphatic heterocycles. The number of hydrogen-bond acceptors (Lipinski definition) is 3. The van der Waals surface area contributed by atoms with Gasteiger partial charge in [0.05, 0.1) is 7.11 Å². The number of carbonyl (C=O) groups is 1. The lowest BCUT2D eigenvalue weighted by Gasteiger charge is -2.21. The van der Waals surface area contributed by atoms with Crippen LogP contribution in [0.15, 0.2) is 42.5 Å². The summed E-state index contributed by atoms with van der Waals surface area (Å²) in [6.45, 7) is 3.83. The number of likely N-dealkylation sites (tertiary alicyclic amines) is 1. The maximum atomic E-state index is 12.7. The van der Waals surface area contributed by atoms with Gasteiger partial charge in [-0.2, -0.15) is 0 Å². The van der Waals surface area contributed by atoms with Gasteiger partial charge in [-0.25, -0.2) is 0 Å². The predicted octanol–water partition coefficient (Wildman–Crippen LogP) is 3.44. The predicted molar refractivity (Wildman–Crippen MR) is 101 cm³/mol. The number of piperidine rings is 1. The number of phenolic OH excluding ortho intramolecular Hbond substituents is 1. The van der Waals surface area contributed by atoms with E-state index in [0.29, 0.717) is 24.5 Å². The van der Waals surface area contributed by atoms with Crippen molar-refractivity contribution in [1.29, 1.82) is 0 Å². The Morgan fingerprint density at radius 2 is 2.04 bits per heavy atom. The Morgan fingerprint density at radius 1 is 1.27 bits per heavy atom. The Hall–Kier alpha value is -2.49. The zero-order valence-corrected chi connectivity index (χ0v) is 15.4. The second kappa shape index (κ2) is 6.35. The van der Waals surface area contributed by atoms with Gasteiger partial charge in [0.1, 0.15) is 0 Å². The Labute approximate surface area is 154 Å². The van der Waals surface area contributed by atoms with E-state index < -0.39 is 0 Å². The summed E-state index contributed by atoms with van der Waals surface area (Å²) in [6, 6.07) is 14.1. The lowest BCUT2D eigenvalue weighted by molar-refractivity contribution is -0.130. The standard InChI is InChI=1S/C22H25NO3/c1-15-3-7-17(8-4-15)22-12-18(22)13-23(14-22)21(25)10-6-16-5-9-19(24)20(11-16)26-2/h3-5,7-9,11,18,24H,6,10,12-14H2,1-2H3. The third-order valence-corrected chi connectivity index (χ3v) is 6.00. The van der Waals surface area contributed by atoms with Gasteiger partial charge in [-0.15, -0.1) is 0 Å². The number of benzene rings is 2. The number of aromatic hydroxyl groups is 1. The fourth-order valence-corrected chi connectivity index (χ4v) is 4.29. The van der Waals surface area contributed by atoms with Crippen LogP contribution in [0.5, 0.6) is 11.5 Å². The van der Waals surface area contributed by atoms with E-state index in [1.807, 2.05) is 11.0 Å². The van der Waals surface area contributed by atoms with Gasteiger partial charge in [-0.1, -0.05) is 35.9 Å². The van der Waals surface area contributed by atoms with E-state index in [1.165, 1.54) is 24.7 Å². The van der Waals surface area contributed by atoms with E-state index in [2.05, 4.69) is 31.2 Å². The van der Waals surface area contributed by atoms with Crippen LogP contribution in [-0.4, -0.2) is 36.1 Å². The molecule has 1 N–H and O–H groups in total. The molecule has 1 aliphatic carbocycles. The number of aryl methyl sites for hydroxylation is 2. The van der Waals surface area contributed by atoms with Gasteiger partial charge in [-0.05, 0) is 48.9 Å². The minimum absolute atomic E-state index is 0.127. The van der Waals surface area contributed by atoms with Crippen molar-refractivity contribution in [2.75, 3.05) is 20.2 Å². The van der Waals surface area contributed by atoms with Gasteiger partial charge in [0.25, 0.3) is 0 Å². The minimum Gasteiger partial charge on any atom is -0.504 e. The van der Waals surface area contributed by atoms with E-state index in [9.17, 15) is 9.90 Å². The van der Waals surface area contributed by atoms with Gasteiger partial charge in [0.15, 0.2) is 11.5 Å². The average Bonchev–Trinajstić information content (AvgIpc) is 3.22. The molecule has 0 aromatic heterocycles. The Balaban J connectivity index is 1.37. The second-order valence-electron chi connectivity index (χ2n) is 7.70. The summed E-state index contributed by atoms with van der Waals surface area (Å²) in [5.41, 5.74) is 3.86. The first-order valence-electron chi connectivity index (χ1n) is 9.22. The van der Waals surface area contributed by atoms with Gasteiger partial charge in [-0.3, -0.25) is 4.79 Å². The van der Waals surface area contributed by atoms with Crippen LogP contribution in [0.1, 0.15) is 29.5 Å². The number of ether oxygens (including phenoxy) is 1. The maximum absolute atomic E-state index is 12.7. The van der Waals surface area contributed by atoms with Crippen molar-refractivity contribution in [2.45, 2.75) is 31.6 Å². The molecule has 0 bridgehead atoms. The molecule has 2 aromatic rings. The van der Waals surface area contributed by atoms with Crippen molar-refractivity contribution in [2.24, 2.45) is 5.92 Å². The lowest BCUT2D eigenvalue weighted by Crippen LogP contribution is -2.33. The largest absolute Gasteiger partial charge is 0.504 e. The summed E-state index contributed by atoms with van der Waals surface area (Å²) >= 11 is 0. The number of nitrogens with zero attached hydrogens (tertiary/aromatic N) is 1. The molecule has 2 fully saturated rings. The van der Waals surface area contributed by atoms with Crippen LogP contribution in [0.25, 0.3) is 0 Å². The van der Waals surface area contributed by atoms with Crippen molar-refractivity contribution in [1.82, 2.24) is 4.90 Å². The normalized spacial score (nSPS) is 23.6. The highest BCUT2D eigenvalue weighted by molar-refractivity contribution is 5.77. The number of methoxy groups -OCH3 is 1. The molecule has 4 heteroatoms. The van der Waals surface area contributed by atoms with Gasteiger partial charge in [0.2, 0.25) is 5.91 Å². The van der Waals surface area contributed by atoms with Crippen LogP contribution in [0.2, 0.25) is 0 Å². The minimum atomic E-state index is 0.127. The molecule has 1 saturated carbocycles. The molecule has 1 saturated heterocycles. The monoisotopic (exact) mass is 351 g/mol. The topological polar surface area (TPSA) is 49.8 Å². The first kappa shape index (κ1) is 17.0. The maximum Gasteiger partial charge on any atom is 0.222 e. The highest BCUT2D eigenvalue weighted by Gasteiger charge is 2.61. The van der Waals surface area contributed by atoms with Crippen LogP contribution in [0, 0.1) is 12.8 Å². The highest BCUT2D eigenvalue weighted by atomic mass is 16.5. The molecule has 2 aliphatic rings. The number of amides is 1. The molecular formula is C22H25NO3. The van der Waals surface area contributed by atoms with Crippen LogP contribution in [-0.2, 0) is 16.6 Å². The Morgan fingerprint density at radius 3 is 2.77 bits per heavy atom. The van der Waals surface area contributed by atoms with Crippen molar-refractivity contribution in [3.05, 3.63) is 59.2 Å². The van der Waals surface area contributed by atoms with E-state index in [0.717, 1.165) is 18.7 Å². The fraction of sp³-hybridized carbons (Fsp3) is 0.409. The smallest absolute Gasteiger partial charge is 0.222 e. The fourth-order valence-electron chi connectivity index (χ4n) is 4.29. The Bertz CT molecular complexity index is 830. The molecule has 2 atom stereocenters. The number of rotatable bonds is 5. The summed E-state index contributed by atoms with van der Waals surface area (Å²) in [5, 5.41) is 9.67. The zero-order chi connectivity index (χ0) is 18.3. The number of hydrogen-bond donors (Lipinski definition) is 1. The average molecular weight is 351 g/mol. The van der Waals surface area contributed by atoms with E-state index in [1.54, 1.807) is 12.1 Å². The van der Waals surface area contributed by atoms with Crippen molar-refractivity contribution in [3.8, 4) is 11.5 Å². The van der Waals surface area contributed by atoms with Crippen molar-refractivity contribution in [3.63, 3.8) is 0 Å². The van der Waals surface area contributed by atoms with Crippen LogP contribution >= 0.6 is 0 Å². The molecule has 2 aromatic carbocycles. The summed E-state index contributed by atoms with van der Waals surface area (Å²) in [4.78, 5) is 14.7. The number of fused-ring (bicyclic) bond motifs is 1. The third kappa shape index (κ3) is 2.94. The summed E-state index contributed by atoms with van der Waals surface area (Å²) in [7, 11) is 1.53. The van der Waals surface area contributed by atoms with Gasteiger partial charge in [0, 0.05) is 24.9 Å². The van der Waals surface area contributed by atoms with Crippen LogP contribution < -0.4 is 4.74 Å². The molecule has 1 amide bonds. The van der Waals surface area contributed by atoms with Crippen molar-refractivity contribution < 1.29 is 14.6 Å². The quantitative estimate of drug-likeness (QED) is 0.898. The van der Waals surface area contributed by atoms with Gasteiger partial charge >= 0.3 is 0 Å². The Kier molecular flexibility index (Phi) is 4.14. The second-order valence-corrected chi connectivity index (χ2v) is 7.70. The third-order valence-electron chi connectivity index (χ3n) is 6.00. The molecule has 26 heavy (non-hydrogen) atoms. The molecular weight excluding hydrogens is 326 g/mol. The van der Waals surface area contributed by atoms with Crippen LogP contribution in [0.4, 0.5) is 0 Å². The van der Waals surface area contributed by atoms with E-state index in [-0.39, 0.29) is 17.1 Å². The SMILES string of the molecule is COc1cc(CCC(=O)N2CC3CC3(c3ccc(C)cc3)C2)ccc1O. The zero-order valence-electron chi connectivity index (χ0n) is 15.4. The molecule has 0 radical (unpaired) electrons. The molecule has 4 rings (SSSR count). The number of phenols is 1. The molecule has 136 valence electrons. The first-order chi connectivity index (χ1) is 12.5. The van der Waals surface area contributed by atoms with Crippen LogP contribution in [0.3, 0.4) is 0 Å².